The second kappa shape index (κ2) is 6.88. The Morgan fingerprint density at radius 3 is 2.67 bits per heavy atom. The molecule has 0 aliphatic carbocycles. The van der Waals surface area contributed by atoms with Crippen LogP contribution in [0.1, 0.15) is 26.9 Å². The number of ether oxygens (including phenoxy) is 1. The van der Waals surface area contributed by atoms with E-state index in [1.165, 1.54) is 11.3 Å². The first kappa shape index (κ1) is 16.3. The molecule has 3 aromatic rings. The van der Waals surface area contributed by atoms with Crippen molar-refractivity contribution in [2.45, 2.75) is 20.4 Å². The molecule has 0 aliphatic rings. The number of amides is 1. The van der Waals surface area contributed by atoms with Crippen LogP contribution in [0.4, 0.5) is 0 Å². The fourth-order valence-corrected chi connectivity index (χ4v) is 3.14. The van der Waals surface area contributed by atoms with Gasteiger partial charge in [-0.25, -0.2) is 4.98 Å². The number of aryl methyl sites for hydroxylation is 2. The highest BCUT2D eigenvalue weighted by atomic mass is 32.1. The summed E-state index contributed by atoms with van der Waals surface area (Å²) in [6.45, 7) is 4.00. The molecule has 1 N–H and O–H groups in total. The number of carbonyl (C=O) groups is 1. The van der Waals surface area contributed by atoms with Crippen molar-refractivity contribution in [3.8, 4) is 17.0 Å². The van der Waals surface area contributed by atoms with Gasteiger partial charge < -0.3 is 14.5 Å². The van der Waals surface area contributed by atoms with Crippen molar-refractivity contribution >= 4 is 17.2 Å². The molecule has 0 fully saturated rings. The third-order valence-corrected chi connectivity index (χ3v) is 4.47. The molecular formula is C18H18N2O3S. The van der Waals surface area contributed by atoms with Crippen LogP contribution >= 0.6 is 11.3 Å². The molecule has 1 aromatic carbocycles. The molecule has 5 nitrogen and oxygen atoms in total. The van der Waals surface area contributed by atoms with E-state index in [1.54, 1.807) is 20.1 Å². The zero-order valence-corrected chi connectivity index (χ0v) is 14.6. The first-order valence-electron chi connectivity index (χ1n) is 7.51. The summed E-state index contributed by atoms with van der Waals surface area (Å²) in [6, 6.07) is 9.48. The SMILES string of the molecule is COc1ccc(-c2csc(CNC(=O)c3cc(C)oc3C)n2)cc1. The van der Waals surface area contributed by atoms with Gasteiger partial charge in [-0.3, -0.25) is 4.79 Å². The van der Waals surface area contributed by atoms with Crippen LogP contribution in [0.15, 0.2) is 40.1 Å². The van der Waals surface area contributed by atoms with E-state index in [1.807, 2.05) is 36.6 Å². The highest BCUT2D eigenvalue weighted by molar-refractivity contribution is 7.09. The summed E-state index contributed by atoms with van der Waals surface area (Å²) >= 11 is 1.52. The topological polar surface area (TPSA) is 64.4 Å². The van der Waals surface area contributed by atoms with E-state index in [-0.39, 0.29) is 5.91 Å². The van der Waals surface area contributed by atoms with Crippen LogP contribution < -0.4 is 10.1 Å². The van der Waals surface area contributed by atoms with E-state index in [2.05, 4.69) is 10.3 Å². The Morgan fingerprint density at radius 1 is 1.29 bits per heavy atom. The van der Waals surface area contributed by atoms with Gasteiger partial charge in [-0.05, 0) is 44.2 Å². The number of nitrogens with one attached hydrogen (secondary N) is 1. The minimum atomic E-state index is -0.148. The Hall–Kier alpha value is -2.60. The Bertz CT molecular complexity index is 850. The Morgan fingerprint density at radius 2 is 2.04 bits per heavy atom. The van der Waals surface area contributed by atoms with Crippen molar-refractivity contribution in [1.29, 1.82) is 0 Å². The van der Waals surface area contributed by atoms with Gasteiger partial charge in [-0.15, -0.1) is 11.3 Å². The summed E-state index contributed by atoms with van der Waals surface area (Å²) in [5.74, 6) is 2.02. The van der Waals surface area contributed by atoms with E-state index in [4.69, 9.17) is 9.15 Å². The molecule has 3 rings (SSSR count). The van der Waals surface area contributed by atoms with E-state index in [0.717, 1.165) is 27.8 Å². The summed E-state index contributed by atoms with van der Waals surface area (Å²) in [5.41, 5.74) is 2.48. The monoisotopic (exact) mass is 342 g/mol. The maximum atomic E-state index is 12.2. The largest absolute Gasteiger partial charge is 0.497 e. The number of carbonyl (C=O) groups excluding carboxylic acids is 1. The standard InChI is InChI=1S/C18H18N2O3S/c1-11-8-15(12(2)23-11)18(21)19-9-17-20-16(10-24-17)13-4-6-14(22-3)7-5-13/h4-8,10H,9H2,1-3H3,(H,19,21). The lowest BCUT2D eigenvalue weighted by molar-refractivity contribution is 0.0949. The van der Waals surface area contributed by atoms with Gasteiger partial charge in [0.05, 0.1) is 24.9 Å². The van der Waals surface area contributed by atoms with Gasteiger partial charge in [0.15, 0.2) is 0 Å². The predicted molar refractivity (Wildman–Crippen MR) is 93.5 cm³/mol. The predicted octanol–water partition coefficient (Wildman–Crippen LogP) is 3.96. The third-order valence-electron chi connectivity index (χ3n) is 3.62. The van der Waals surface area contributed by atoms with Crippen LogP contribution in [0.5, 0.6) is 5.75 Å². The molecule has 2 aromatic heterocycles. The van der Waals surface area contributed by atoms with E-state index >= 15 is 0 Å². The molecular weight excluding hydrogens is 324 g/mol. The zero-order valence-electron chi connectivity index (χ0n) is 13.8. The highest BCUT2D eigenvalue weighted by Crippen LogP contribution is 2.24. The van der Waals surface area contributed by atoms with Crippen LogP contribution in [0.2, 0.25) is 0 Å². The number of rotatable bonds is 5. The molecule has 0 bridgehead atoms. The Balaban J connectivity index is 1.65. The van der Waals surface area contributed by atoms with Gasteiger partial charge in [0.25, 0.3) is 5.91 Å². The van der Waals surface area contributed by atoms with Gasteiger partial charge in [0.2, 0.25) is 0 Å². The van der Waals surface area contributed by atoms with Crippen LogP contribution in [0.25, 0.3) is 11.3 Å². The number of methoxy groups -OCH3 is 1. The number of furan rings is 1. The second-order valence-electron chi connectivity index (χ2n) is 5.36. The zero-order chi connectivity index (χ0) is 17.1. The molecule has 0 saturated heterocycles. The normalized spacial score (nSPS) is 10.6. The average Bonchev–Trinajstić information content (AvgIpc) is 3.19. The quantitative estimate of drug-likeness (QED) is 0.762. The van der Waals surface area contributed by atoms with Gasteiger partial charge >= 0.3 is 0 Å². The summed E-state index contributed by atoms with van der Waals surface area (Å²) in [7, 11) is 1.64. The summed E-state index contributed by atoms with van der Waals surface area (Å²) in [5, 5.41) is 5.72. The molecule has 1 amide bonds. The Labute approximate surface area is 144 Å². The fraction of sp³-hybridized carbons (Fsp3) is 0.222. The smallest absolute Gasteiger partial charge is 0.255 e. The molecule has 6 heteroatoms. The van der Waals surface area contributed by atoms with Gasteiger partial charge in [0, 0.05) is 10.9 Å². The fourth-order valence-electron chi connectivity index (χ4n) is 2.39. The molecule has 0 spiro atoms. The van der Waals surface area contributed by atoms with E-state index < -0.39 is 0 Å². The molecule has 24 heavy (non-hydrogen) atoms. The van der Waals surface area contributed by atoms with Crippen molar-refractivity contribution in [3.05, 3.63) is 57.8 Å². The number of nitrogens with zero attached hydrogens (tertiary/aromatic N) is 1. The minimum absolute atomic E-state index is 0.148. The molecule has 0 unspecified atom stereocenters. The summed E-state index contributed by atoms with van der Waals surface area (Å²) in [4.78, 5) is 16.8. The van der Waals surface area contributed by atoms with Crippen LogP contribution in [-0.2, 0) is 6.54 Å². The lowest BCUT2D eigenvalue weighted by Gasteiger charge is -2.02. The lowest BCUT2D eigenvalue weighted by Crippen LogP contribution is -2.22. The van der Waals surface area contributed by atoms with E-state index in [9.17, 15) is 4.79 Å². The number of benzene rings is 1. The van der Waals surface area contributed by atoms with E-state index in [0.29, 0.717) is 17.9 Å². The molecule has 0 radical (unpaired) electrons. The van der Waals surface area contributed by atoms with Crippen LogP contribution in [0.3, 0.4) is 0 Å². The van der Waals surface area contributed by atoms with Gasteiger partial charge in [0.1, 0.15) is 22.3 Å². The van der Waals surface area contributed by atoms with Crippen molar-refractivity contribution in [3.63, 3.8) is 0 Å². The first-order valence-corrected chi connectivity index (χ1v) is 8.39. The molecule has 0 aliphatic heterocycles. The van der Waals surface area contributed by atoms with Crippen molar-refractivity contribution in [1.82, 2.24) is 10.3 Å². The molecule has 2 heterocycles. The maximum absolute atomic E-state index is 12.2. The third kappa shape index (κ3) is 3.49. The minimum Gasteiger partial charge on any atom is -0.497 e. The summed E-state index contributed by atoms with van der Waals surface area (Å²) < 4.78 is 10.5. The van der Waals surface area contributed by atoms with Crippen molar-refractivity contribution in [2.24, 2.45) is 0 Å². The first-order chi connectivity index (χ1) is 11.6. The van der Waals surface area contributed by atoms with Crippen LogP contribution in [-0.4, -0.2) is 18.0 Å². The maximum Gasteiger partial charge on any atom is 0.255 e. The number of hydrogen-bond donors (Lipinski definition) is 1. The number of thiazole rings is 1. The molecule has 0 saturated carbocycles. The number of hydrogen-bond acceptors (Lipinski definition) is 5. The average molecular weight is 342 g/mol. The molecule has 0 atom stereocenters. The second-order valence-corrected chi connectivity index (χ2v) is 6.31. The van der Waals surface area contributed by atoms with Gasteiger partial charge in [-0.1, -0.05) is 0 Å². The number of aromatic nitrogens is 1. The summed E-state index contributed by atoms with van der Waals surface area (Å²) in [6.07, 6.45) is 0. The van der Waals surface area contributed by atoms with Gasteiger partial charge in [-0.2, -0.15) is 0 Å². The van der Waals surface area contributed by atoms with Crippen molar-refractivity contribution in [2.75, 3.05) is 7.11 Å². The molecule has 124 valence electrons. The van der Waals surface area contributed by atoms with Crippen LogP contribution in [0, 0.1) is 13.8 Å². The lowest BCUT2D eigenvalue weighted by atomic mass is 10.2. The van der Waals surface area contributed by atoms with Crippen molar-refractivity contribution < 1.29 is 13.9 Å². The Kier molecular flexibility index (Phi) is 4.66. The highest BCUT2D eigenvalue weighted by Gasteiger charge is 2.14.